The average Bonchev–Trinajstić information content (AvgIpc) is 3.15. The second-order valence-electron chi connectivity index (χ2n) is 9.51. The molecular formula is C28H34N2O5. The molecule has 0 saturated heterocycles. The van der Waals surface area contributed by atoms with Crippen molar-refractivity contribution in [2.24, 2.45) is 0 Å². The third-order valence-corrected chi connectivity index (χ3v) is 7.05. The monoisotopic (exact) mass is 478 g/mol. The van der Waals surface area contributed by atoms with Crippen molar-refractivity contribution in [1.29, 1.82) is 0 Å². The number of carbonyl (C=O) groups excluding carboxylic acids is 2. The highest BCUT2D eigenvalue weighted by atomic mass is 16.5. The fourth-order valence-electron chi connectivity index (χ4n) is 5.22. The fourth-order valence-corrected chi connectivity index (χ4v) is 5.22. The molecule has 3 N–H and O–H groups in total. The zero-order valence-corrected chi connectivity index (χ0v) is 20.0. The van der Waals surface area contributed by atoms with E-state index in [1.54, 1.807) is 0 Å². The Kier molecular flexibility index (Phi) is 8.40. The van der Waals surface area contributed by atoms with Gasteiger partial charge in [-0.15, -0.1) is 0 Å². The zero-order chi connectivity index (χ0) is 24.6. The van der Waals surface area contributed by atoms with Crippen LogP contribution < -0.4 is 10.6 Å². The first kappa shape index (κ1) is 24.8. The number of hydrogen-bond acceptors (Lipinski definition) is 4. The molecule has 2 aliphatic carbocycles. The summed E-state index contributed by atoms with van der Waals surface area (Å²) >= 11 is 0. The van der Waals surface area contributed by atoms with Crippen LogP contribution in [0.4, 0.5) is 4.79 Å². The SMILES string of the molecule is O=C(O)CCC(NC(=O)OCC1c2ccccc2-c2ccccc21)C(=O)NC1CCCCCCC1. The van der Waals surface area contributed by atoms with E-state index in [1.165, 1.54) is 6.42 Å². The number of rotatable bonds is 8. The lowest BCUT2D eigenvalue weighted by Gasteiger charge is -2.24. The lowest BCUT2D eigenvalue weighted by atomic mass is 9.96. The summed E-state index contributed by atoms with van der Waals surface area (Å²) < 4.78 is 5.58. The van der Waals surface area contributed by atoms with E-state index in [2.05, 4.69) is 22.8 Å². The second-order valence-corrected chi connectivity index (χ2v) is 9.51. The highest BCUT2D eigenvalue weighted by Crippen LogP contribution is 2.44. The molecule has 1 saturated carbocycles. The second kappa shape index (κ2) is 11.9. The maximum atomic E-state index is 13.0. The summed E-state index contributed by atoms with van der Waals surface area (Å²) in [4.78, 5) is 36.8. The van der Waals surface area contributed by atoms with Gasteiger partial charge in [0.2, 0.25) is 5.91 Å². The van der Waals surface area contributed by atoms with Gasteiger partial charge in [-0.1, -0.05) is 80.6 Å². The molecular weight excluding hydrogens is 444 g/mol. The molecule has 35 heavy (non-hydrogen) atoms. The number of nitrogens with one attached hydrogen (secondary N) is 2. The van der Waals surface area contributed by atoms with Crippen molar-refractivity contribution >= 4 is 18.0 Å². The number of fused-ring (bicyclic) bond motifs is 3. The summed E-state index contributed by atoms with van der Waals surface area (Å²) in [5.41, 5.74) is 4.47. The van der Waals surface area contributed by atoms with E-state index < -0.39 is 18.1 Å². The molecule has 7 heteroatoms. The number of aliphatic carboxylic acids is 1. The molecule has 4 rings (SSSR count). The van der Waals surface area contributed by atoms with Crippen molar-refractivity contribution in [2.75, 3.05) is 6.61 Å². The lowest BCUT2D eigenvalue weighted by Crippen LogP contribution is -2.50. The normalized spacial score (nSPS) is 16.8. The molecule has 0 spiro atoms. The fraction of sp³-hybridized carbons (Fsp3) is 0.464. The molecule has 1 fully saturated rings. The number of carboxylic acids is 1. The molecule has 0 heterocycles. The molecule has 7 nitrogen and oxygen atoms in total. The molecule has 2 aromatic carbocycles. The van der Waals surface area contributed by atoms with Crippen LogP contribution in [0, 0.1) is 0 Å². The third kappa shape index (κ3) is 6.41. The quantitative estimate of drug-likeness (QED) is 0.496. The molecule has 0 aliphatic heterocycles. The van der Waals surface area contributed by atoms with Gasteiger partial charge in [0.25, 0.3) is 0 Å². The van der Waals surface area contributed by atoms with Crippen molar-refractivity contribution in [2.45, 2.75) is 75.8 Å². The first-order chi connectivity index (χ1) is 17.0. The van der Waals surface area contributed by atoms with E-state index in [9.17, 15) is 14.4 Å². The molecule has 0 aromatic heterocycles. The summed E-state index contributed by atoms with van der Waals surface area (Å²) in [5.74, 6) is -1.44. The van der Waals surface area contributed by atoms with Gasteiger partial charge in [0.05, 0.1) is 0 Å². The maximum Gasteiger partial charge on any atom is 0.407 e. The van der Waals surface area contributed by atoms with Crippen LogP contribution >= 0.6 is 0 Å². The summed E-state index contributed by atoms with van der Waals surface area (Å²) in [6, 6.07) is 15.2. The van der Waals surface area contributed by atoms with E-state index >= 15 is 0 Å². The topological polar surface area (TPSA) is 105 Å². The highest BCUT2D eigenvalue weighted by molar-refractivity contribution is 5.86. The number of alkyl carbamates (subject to hydrolysis) is 1. The Labute approximate surface area is 206 Å². The number of carboxylic acid groups (broad SMARTS) is 1. The first-order valence-corrected chi connectivity index (χ1v) is 12.7. The molecule has 2 amide bonds. The minimum atomic E-state index is -1.01. The van der Waals surface area contributed by atoms with Crippen molar-refractivity contribution in [1.82, 2.24) is 10.6 Å². The van der Waals surface area contributed by atoms with Gasteiger partial charge in [-0.25, -0.2) is 4.79 Å². The molecule has 1 unspecified atom stereocenters. The van der Waals surface area contributed by atoms with Gasteiger partial charge < -0.3 is 20.5 Å². The standard InChI is InChI=1S/C28H34N2O5/c31-26(32)17-16-25(27(33)29-19-10-4-2-1-3-5-11-19)30-28(34)35-18-24-22-14-8-6-12-20(22)21-13-7-9-15-23(21)24/h6-9,12-15,19,24-25H,1-5,10-11,16-18H2,(H,29,33)(H,30,34)(H,31,32). The van der Waals surface area contributed by atoms with Crippen LogP contribution in [0.1, 0.15) is 74.8 Å². The average molecular weight is 479 g/mol. The predicted molar refractivity (Wildman–Crippen MR) is 133 cm³/mol. The van der Waals surface area contributed by atoms with Gasteiger partial charge in [0.15, 0.2) is 0 Å². The molecule has 186 valence electrons. The van der Waals surface area contributed by atoms with Crippen LogP contribution in [0.5, 0.6) is 0 Å². The number of hydrogen-bond donors (Lipinski definition) is 3. The Morgan fingerprint density at radius 1 is 0.886 bits per heavy atom. The van der Waals surface area contributed by atoms with Gasteiger partial charge in [0.1, 0.15) is 12.6 Å². The summed E-state index contributed by atoms with van der Waals surface area (Å²) in [6.45, 7) is 0.135. The molecule has 0 bridgehead atoms. The smallest absolute Gasteiger partial charge is 0.407 e. The summed E-state index contributed by atoms with van der Waals surface area (Å²) in [5, 5.41) is 14.8. The minimum Gasteiger partial charge on any atom is -0.481 e. The van der Waals surface area contributed by atoms with Gasteiger partial charge in [-0.2, -0.15) is 0 Å². The summed E-state index contributed by atoms with van der Waals surface area (Å²) in [7, 11) is 0. The maximum absolute atomic E-state index is 13.0. The first-order valence-electron chi connectivity index (χ1n) is 12.7. The number of amides is 2. The largest absolute Gasteiger partial charge is 0.481 e. The van der Waals surface area contributed by atoms with E-state index in [-0.39, 0.29) is 37.3 Å². The Morgan fingerprint density at radius 2 is 1.46 bits per heavy atom. The van der Waals surface area contributed by atoms with Crippen molar-refractivity contribution in [3.8, 4) is 11.1 Å². The van der Waals surface area contributed by atoms with Gasteiger partial charge >= 0.3 is 12.1 Å². The van der Waals surface area contributed by atoms with Crippen LogP contribution in [0.2, 0.25) is 0 Å². The van der Waals surface area contributed by atoms with E-state index in [0.717, 1.165) is 60.8 Å². The van der Waals surface area contributed by atoms with E-state index in [4.69, 9.17) is 9.84 Å². The Balaban J connectivity index is 1.38. The van der Waals surface area contributed by atoms with Crippen LogP contribution in [0.15, 0.2) is 48.5 Å². The van der Waals surface area contributed by atoms with Crippen molar-refractivity contribution in [3.63, 3.8) is 0 Å². The Bertz CT molecular complexity index is 1000. The number of benzene rings is 2. The predicted octanol–water partition coefficient (Wildman–Crippen LogP) is 4.99. The Hall–Kier alpha value is -3.35. The molecule has 2 aliphatic rings. The molecule has 1 atom stereocenters. The number of carbonyl (C=O) groups is 3. The third-order valence-electron chi connectivity index (χ3n) is 7.05. The zero-order valence-electron chi connectivity index (χ0n) is 20.0. The highest BCUT2D eigenvalue weighted by Gasteiger charge is 2.30. The Morgan fingerprint density at radius 3 is 2.06 bits per heavy atom. The van der Waals surface area contributed by atoms with Gasteiger partial charge in [-0.3, -0.25) is 9.59 Å². The summed E-state index contributed by atoms with van der Waals surface area (Å²) in [6.07, 6.45) is 6.56. The van der Waals surface area contributed by atoms with Crippen LogP contribution in [0.25, 0.3) is 11.1 Å². The van der Waals surface area contributed by atoms with Gasteiger partial charge in [0, 0.05) is 18.4 Å². The van der Waals surface area contributed by atoms with E-state index in [1.807, 2.05) is 36.4 Å². The van der Waals surface area contributed by atoms with Gasteiger partial charge in [-0.05, 0) is 41.5 Å². The van der Waals surface area contributed by atoms with E-state index in [0.29, 0.717) is 0 Å². The minimum absolute atomic E-state index is 0.0120. The van der Waals surface area contributed by atoms with Crippen LogP contribution in [-0.2, 0) is 14.3 Å². The van der Waals surface area contributed by atoms with Crippen molar-refractivity contribution < 1.29 is 24.2 Å². The van der Waals surface area contributed by atoms with Crippen LogP contribution in [0.3, 0.4) is 0 Å². The number of ether oxygens (including phenoxy) is 1. The van der Waals surface area contributed by atoms with Crippen LogP contribution in [-0.4, -0.2) is 41.8 Å². The lowest BCUT2D eigenvalue weighted by molar-refractivity contribution is -0.137. The van der Waals surface area contributed by atoms with Crippen molar-refractivity contribution in [3.05, 3.63) is 59.7 Å². The molecule has 2 aromatic rings. The molecule has 0 radical (unpaired) electrons.